The highest BCUT2D eigenvalue weighted by Crippen LogP contribution is 2.16. The lowest BCUT2D eigenvalue weighted by Crippen LogP contribution is -2.44. The third-order valence-electron chi connectivity index (χ3n) is 3.54. The molecule has 0 spiro atoms. The van der Waals surface area contributed by atoms with Gasteiger partial charge in [0, 0.05) is 19.1 Å². The van der Waals surface area contributed by atoms with Crippen LogP contribution in [0.15, 0.2) is 18.2 Å². The summed E-state index contributed by atoms with van der Waals surface area (Å²) < 4.78 is 19.1. The third-order valence-corrected chi connectivity index (χ3v) is 3.54. The zero-order chi connectivity index (χ0) is 14.4. The fourth-order valence-corrected chi connectivity index (χ4v) is 2.41. The summed E-state index contributed by atoms with van der Waals surface area (Å²) >= 11 is 0. The largest absolute Gasteiger partial charge is 0.384 e. The minimum atomic E-state index is -0.344. The van der Waals surface area contributed by atoms with Gasteiger partial charge in [-0.3, -0.25) is 4.90 Å². The molecule has 1 aromatic rings. The van der Waals surface area contributed by atoms with Crippen molar-refractivity contribution >= 4 is 0 Å². The molecule has 1 atom stereocenters. The average molecular weight is 277 g/mol. The zero-order valence-electron chi connectivity index (χ0n) is 11.7. The molecule has 0 bridgehead atoms. The van der Waals surface area contributed by atoms with Crippen molar-refractivity contribution in [1.29, 1.82) is 0 Å². The Morgan fingerprint density at radius 2 is 2.35 bits per heavy atom. The molecule has 1 unspecified atom stereocenters. The molecule has 0 aromatic heterocycles. The van der Waals surface area contributed by atoms with Gasteiger partial charge in [0.05, 0.1) is 18.8 Å². The molecular weight excluding hydrogens is 257 g/mol. The molecule has 0 radical (unpaired) electrons. The molecule has 0 aliphatic carbocycles. The molecule has 1 saturated heterocycles. The number of rotatable bonds is 3. The Kier molecular flexibility index (Phi) is 5.54. The van der Waals surface area contributed by atoms with Crippen molar-refractivity contribution in [2.75, 3.05) is 26.4 Å². The number of hydrogen-bond acceptors (Lipinski definition) is 3. The molecule has 1 aromatic carbocycles. The van der Waals surface area contributed by atoms with E-state index in [1.807, 2.05) is 0 Å². The van der Waals surface area contributed by atoms with Gasteiger partial charge >= 0.3 is 0 Å². The number of aliphatic hydroxyl groups is 1. The molecule has 3 nitrogen and oxygen atoms in total. The molecule has 0 amide bonds. The summed E-state index contributed by atoms with van der Waals surface area (Å²) in [6.45, 7) is 5.06. The van der Waals surface area contributed by atoms with E-state index in [2.05, 4.69) is 23.7 Å². The molecule has 2 rings (SSSR count). The first kappa shape index (κ1) is 15.0. The number of hydrogen-bond donors (Lipinski definition) is 1. The van der Waals surface area contributed by atoms with Crippen LogP contribution in [-0.4, -0.2) is 42.4 Å². The van der Waals surface area contributed by atoms with Crippen molar-refractivity contribution in [1.82, 2.24) is 4.90 Å². The Labute approximate surface area is 119 Å². The van der Waals surface area contributed by atoms with Gasteiger partial charge in [-0.05, 0) is 24.1 Å². The van der Waals surface area contributed by atoms with Crippen LogP contribution in [0.2, 0.25) is 0 Å². The number of halogens is 1. The van der Waals surface area contributed by atoms with E-state index in [4.69, 9.17) is 9.84 Å². The number of benzene rings is 1. The van der Waals surface area contributed by atoms with Crippen LogP contribution in [0, 0.1) is 17.7 Å². The van der Waals surface area contributed by atoms with E-state index in [1.165, 1.54) is 6.07 Å². The molecular formula is C16H20FNO2. The van der Waals surface area contributed by atoms with Gasteiger partial charge in [0.1, 0.15) is 12.4 Å². The highest BCUT2D eigenvalue weighted by molar-refractivity contribution is 5.38. The Balaban J connectivity index is 2.12. The molecule has 1 heterocycles. The van der Waals surface area contributed by atoms with Gasteiger partial charge in [-0.2, -0.15) is 0 Å². The van der Waals surface area contributed by atoms with Crippen LogP contribution in [0.25, 0.3) is 0 Å². The Morgan fingerprint density at radius 1 is 1.50 bits per heavy atom. The Hall–Kier alpha value is -1.41. The smallest absolute Gasteiger partial charge is 0.138 e. The predicted octanol–water partition coefficient (Wildman–Crippen LogP) is 1.78. The number of morpholine rings is 1. The first-order valence-corrected chi connectivity index (χ1v) is 6.94. The summed E-state index contributed by atoms with van der Waals surface area (Å²) in [5, 5.41) is 8.70. The fraction of sp³-hybridized carbons (Fsp3) is 0.500. The van der Waals surface area contributed by atoms with E-state index in [0.717, 1.165) is 38.3 Å². The zero-order valence-corrected chi connectivity index (χ0v) is 11.7. The lowest BCUT2D eigenvalue weighted by molar-refractivity contribution is -0.0127. The normalized spacial score (nSPS) is 19.4. The standard InChI is InChI=1S/C16H20FNO2/c1-2-15-12-20-9-7-18(15)11-13-5-6-16(17)14(10-13)4-3-8-19/h5-6,10,15,19H,2,7-9,11-12H2,1H3. The van der Waals surface area contributed by atoms with Gasteiger partial charge in [0.25, 0.3) is 0 Å². The summed E-state index contributed by atoms with van der Waals surface area (Å²) in [6.07, 6.45) is 1.04. The monoisotopic (exact) mass is 277 g/mol. The second-order valence-corrected chi connectivity index (χ2v) is 4.88. The van der Waals surface area contributed by atoms with Crippen molar-refractivity contribution in [2.24, 2.45) is 0 Å². The first-order valence-electron chi connectivity index (χ1n) is 6.94. The van der Waals surface area contributed by atoms with Crippen LogP contribution in [0.5, 0.6) is 0 Å². The molecule has 0 saturated carbocycles. The van der Waals surface area contributed by atoms with E-state index in [1.54, 1.807) is 12.1 Å². The van der Waals surface area contributed by atoms with Crippen LogP contribution < -0.4 is 0 Å². The lowest BCUT2D eigenvalue weighted by Gasteiger charge is -2.35. The summed E-state index contributed by atoms with van der Waals surface area (Å²) in [6, 6.07) is 5.42. The Morgan fingerprint density at radius 3 is 3.10 bits per heavy atom. The van der Waals surface area contributed by atoms with Gasteiger partial charge < -0.3 is 9.84 Å². The van der Waals surface area contributed by atoms with Crippen LogP contribution in [0.4, 0.5) is 4.39 Å². The first-order chi connectivity index (χ1) is 9.74. The van der Waals surface area contributed by atoms with Gasteiger partial charge in [-0.25, -0.2) is 4.39 Å². The molecule has 108 valence electrons. The summed E-state index contributed by atoms with van der Waals surface area (Å²) in [4.78, 5) is 2.36. The van der Waals surface area contributed by atoms with Crippen LogP contribution in [0.1, 0.15) is 24.5 Å². The SMILES string of the molecule is CCC1COCCN1Cc1ccc(F)c(C#CCO)c1. The summed E-state index contributed by atoms with van der Waals surface area (Å²) in [5.74, 6) is 4.79. The average Bonchev–Trinajstić information content (AvgIpc) is 2.48. The van der Waals surface area contributed by atoms with Crippen molar-refractivity contribution in [3.63, 3.8) is 0 Å². The van der Waals surface area contributed by atoms with Crippen molar-refractivity contribution < 1.29 is 14.2 Å². The van der Waals surface area contributed by atoms with E-state index in [-0.39, 0.29) is 12.4 Å². The maximum absolute atomic E-state index is 13.6. The minimum Gasteiger partial charge on any atom is -0.384 e. The second-order valence-electron chi connectivity index (χ2n) is 4.88. The van der Waals surface area contributed by atoms with Crippen molar-refractivity contribution in [2.45, 2.75) is 25.9 Å². The van der Waals surface area contributed by atoms with Crippen LogP contribution in [-0.2, 0) is 11.3 Å². The van der Waals surface area contributed by atoms with Gasteiger partial charge in [0.15, 0.2) is 0 Å². The van der Waals surface area contributed by atoms with Crippen molar-refractivity contribution in [3.8, 4) is 11.8 Å². The number of nitrogens with zero attached hydrogens (tertiary/aromatic N) is 1. The van der Waals surface area contributed by atoms with E-state index in [0.29, 0.717) is 11.6 Å². The molecule has 1 aliphatic rings. The maximum atomic E-state index is 13.6. The molecule has 1 fully saturated rings. The number of ether oxygens (including phenoxy) is 1. The predicted molar refractivity (Wildman–Crippen MR) is 75.7 cm³/mol. The molecule has 4 heteroatoms. The summed E-state index contributed by atoms with van der Waals surface area (Å²) in [5.41, 5.74) is 1.38. The molecule has 1 aliphatic heterocycles. The molecule has 20 heavy (non-hydrogen) atoms. The highest BCUT2D eigenvalue weighted by atomic mass is 19.1. The lowest BCUT2D eigenvalue weighted by atomic mass is 10.1. The number of aliphatic hydroxyl groups excluding tert-OH is 1. The second kappa shape index (κ2) is 7.39. The maximum Gasteiger partial charge on any atom is 0.138 e. The topological polar surface area (TPSA) is 32.7 Å². The molecule has 1 N–H and O–H groups in total. The van der Waals surface area contributed by atoms with Gasteiger partial charge in [-0.1, -0.05) is 24.8 Å². The van der Waals surface area contributed by atoms with Crippen LogP contribution >= 0.6 is 0 Å². The highest BCUT2D eigenvalue weighted by Gasteiger charge is 2.21. The Bertz CT molecular complexity index is 507. The third kappa shape index (κ3) is 3.80. The van der Waals surface area contributed by atoms with Crippen molar-refractivity contribution in [3.05, 3.63) is 35.1 Å². The van der Waals surface area contributed by atoms with Crippen LogP contribution in [0.3, 0.4) is 0 Å². The fourth-order valence-electron chi connectivity index (χ4n) is 2.41. The van der Waals surface area contributed by atoms with E-state index < -0.39 is 0 Å². The minimum absolute atomic E-state index is 0.259. The van der Waals surface area contributed by atoms with Gasteiger partial charge in [0.2, 0.25) is 0 Å². The summed E-state index contributed by atoms with van der Waals surface area (Å²) in [7, 11) is 0. The quantitative estimate of drug-likeness (QED) is 0.855. The van der Waals surface area contributed by atoms with E-state index >= 15 is 0 Å². The van der Waals surface area contributed by atoms with E-state index in [9.17, 15) is 4.39 Å². The van der Waals surface area contributed by atoms with Gasteiger partial charge in [-0.15, -0.1) is 0 Å².